The Kier molecular flexibility index (Phi) is 7.49. The van der Waals surface area contributed by atoms with Crippen LogP contribution in [-0.2, 0) is 4.79 Å². The molecule has 7 heteroatoms. The molecule has 1 N–H and O–H groups in total. The van der Waals surface area contributed by atoms with Crippen molar-refractivity contribution in [1.82, 2.24) is 0 Å². The van der Waals surface area contributed by atoms with Crippen LogP contribution in [0.1, 0.15) is 11.1 Å². The Morgan fingerprint density at radius 2 is 1.63 bits per heavy atom. The number of halogens is 3. The molecule has 0 aliphatic rings. The van der Waals surface area contributed by atoms with Crippen LogP contribution in [-0.4, -0.2) is 23.4 Å². The lowest BCUT2D eigenvalue weighted by atomic mass is 9.97. The van der Waals surface area contributed by atoms with Gasteiger partial charge in [0.2, 0.25) is 0 Å². The van der Waals surface area contributed by atoms with E-state index in [-0.39, 0.29) is 11.6 Å². The lowest BCUT2D eigenvalue weighted by molar-refractivity contribution is -0.139. The van der Waals surface area contributed by atoms with Crippen molar-refractivity contribution in [2.24, 2.45) is 0 Å². The van der Waals surface area contributed by atoms with Crippen molar-refractivity contribution < 1.29 is 23.4 Å². The number of benzene rings is 3. The highest BCUT2D eigenvalue weighted by molar-refractivity contribution is 7.99. The van der Waals surface area contributed by atoms with Crippen molar-refractivity contribution in [1.29, 1.82) is 0 Å². The highest BCUT2D eigenvalue weighted by Crippen LogP contribution is 2.32. The van der Waals surface area contributed by atoms with E-state index in [9.17, 15) is 13.6 Å². The number of thioether (sulfide) groups is 1. The number of carbonyl (C=O) groups is 1. The highest BCUT2D eigenvalue weighted by Gasteiger charge is 2.09. The predicted octanol–water partition coefficient (Wildman–Crippen LogP) is 6.31. The van der Waals surface area contributed by atoms with Gasteiger partial charge in [-0.15, -0.1) is 11.8 Å². The Hall–Kier alpha value is -2.83. The molecule has 0 radical (unpaired) electrons. The van der Waals surface area contributed by atoms with Gasteiger partial charge in [-0.05, 0) is 59.2 Å². The molecule has 0 unspecified atom stereocenters. The maximum Gasteiger partial charge on any atom is 0.341 e. The molecule has 3 aromatic rings. The fourth-order valence-corrected chi connectivity index (χ4v) is 3.89. The maximum atomic E-state index is 13.7. The van der Waals surface area contributed by atoms with Crippen LogP contribution in [0.4, 0.5) is 8.78 Å². The first-order valence-electron chi connectivity index (χ1n) is 8.91. The lowest BCUT2D eigenvalue weighted by Crippen LogP contribution is -2.09. The Bertz CT molecular complexity index is 1040. The number of hydrogen-bond donors (Lipinski definition) is 1. The minimum absolute atomic E-state index is 0.363. The van der Waals surface area contributed by atoms with Crippen molar-refractivity contribution >= 4 is 34.9 Å². The molecule has 0 atom stereocenters. The number of ether oxygens (including phenoxy) is 1. The van der Waals surface area contributed by atoms with Gasteiger partial charge in [-0.25, -0.2) is 13.6 Å². The molecular weight excluding hydrogens is 430 g/mol. The molecule has 0 fully saturated rings. The van der Waals surface area contributed by atoms with Crippen molar-refractivity contribution in [3.8, 4) is 5.75 Å². The van der Waals surface area contributed by atoms with Crippen molar-refractivity contribution in [3.05, 3.63) is 101 Å². The van der Waals surface area contributed by atoms with Crippen LogP contribution >= 0.6 is 23.4 Å². The topological polar surface area (TPSA) is 46.5 Å². The van der Waals surface area contributed by atoms with E-state index in [0.717, 1.165) is 4.90 Å². The first-order valence-corrected chi connectivity index (χ1v) is 10.3. The lowest BCUT2D eigenvalue weighted by Gasteiger charge is -2.10. The zero-order chi connectivity index (χ0) is 21.5. The van der Waals surface area contributed by atoms with E-state index >= 15 is 0 Å². The Morgan fingerprint density at radius 3 is 2.17 bits per heavy atom. The number of carboxylic acid groups (broad SMARTS) is 1. The third kappa shape index (κ3) is 6.08. The zero-order valence-corrected chi connectivity index (χ0v) is 17.2. The van der Waals surface area contributed by atoms with Gasteiger partial charge in [-0.3, -0.25) is 0 Å². The fraction of sp³-hybridized carbons (Fsp3) is 0.0870. The van der Waals surface area contributed by atoms with Crippen LogP contribution in [0.3, 0.4) is 0 Å². The van der Waals surface area contributed by atoms with Gasteiger partial charge in [0.1, 0.15) is 17.4 Å². The molecule has 0 saturated heterocycles. The Labute approximate surface area is 182 Å². The second-order valence-corrected chi connectivity index (χ2v) is 7.69. The third-order valence-electron chi connectivity index (χ3n) is 4.06. The van der Waals surface area contributed by atoms with Crippen LogP contribution in [0.15, 0.2) is 77.7 Å². The van der Waals surface area contributed by atoms with Gasteiger partial charge < -0.3 is 9.84 Å². The fourth-order valence-electron chi connectivity index (χ4n) is 2.76. The Morgan fingerprint density at radius 1 is 1.00 bits per heavy atom. The average molecular weight is 447 g/mol. The van der Waals surface area contributed by atoms with E-state index in [2.05, 4.69) is 0 Å². The largest absolute Gasteiger partial charge is 0.482 e. The molecule has 0 spiro atoms. The normalized spacial score (nSPS) is 10.5. The number of carboxylic acids is 1. The number of hydrogen-bond acceptors (Lipinski definition) is 3. The monoisotopic (exact) mass is 446 g/mol. The summed E-state index contributed by atoms with van der Waals surface area (Å²) >= 11 is 7.71. The van der Waals surface area contributed by atoms with Gasteiger partial charge >= 0.3 is 5.97 Å². The van der Waals surface area contributed by atoms with Crippen molar-refractivity contribution in [2.45, 2.75) is 4.90 Å². The summed E-state index contributed by atoms with van der Waals surface area (Å²) in [4.78, 5) is 11.4. The minimum Gasteiger partial charge on any atom is -0.482 e. The molecule has 0 saturated carbocycles. The summed E-state index contributed by atoms with van der Waals surface area (Å²) in [6.45, 7) is -0.448. The second kappa shape index (κ2) is 10.3. The standard InChI is InChI=1S/C23H17ClF2O3S/c24-21-13-19(29-14-23(27)28)7-8-22(21)30-10-9-20(15-3-1-5-17(25)11-15)16-4-2-6-18(26)12-16/h1-9,11-13H,10,14H2,(H,27,28). The first kappa shape index (κ1) is 21.9. The molecule has 30 heavy (non-hydrogen) atoms. The average Bonchev–Trinajstić information content (AvgIpc) is 2.71. The van der Waals surface area contributed by atoms with E-state index in [1.807, 2.05) is 6.08 Å². The molecule has 3 rings (SSSR count). The van der Waals surface area contributed by atoms with Crippen LogP contribution < -0.4 is 4.74 Å². The molecule has 0 heterocycles. The van der Waals surface area contributed by atoms with Gasteiger partial charge in [0.15, 0.2) is 6.61 Å². The molecule has 154 valence electrons. The van der Waals surface area contributed by atoms with Gasteiger partial charge in [-0.1, -0.05) is 41.9 Å². The molecule has 3 aromatic carbocycles. The van der Waals surface area contributed by atoms with E-state index in [1.165, 1.54) is 36.0 Å². The molecule has 3 nitrogen and oxygen atoms in total. The van der Waals surface area contributed by atoms with Gasteiger partial charge in [0.25, 0.3) is 0 Å². The van der Waals surface area contributed by atoms with Crippen LogP contribution in [0.5, 0.6) is 5.75 Å². The summed E-state index contributed by atoms with van der Waals surface area (Å²) in [6, 6.07) is 17.2. The molecule has 0 aliphatic heterocycles. The number of rotatable bonds is 8. The highest BCUT2D eigenvalue weighted by atomic mass is 35.5. The van der Waals surface area contributed by atoms with E-state index < -0.39 is 12.6 Å². The molecule has 0 aromatic heterocycles. The van der Waals surface area contributed by atoms with Crippen LogP contribution in [0, 0.1) is 11.6 Å². The first-order chi connectivity index (χ1) is 14.4. The van der Waals surface area contributed by atoms with E-state index in [0.29, 0.717) is 33.2 Å². The SMILES string of the molecule is O=C(O)COc1ccc(SCC=C(c2cccc(F)c2)c2cccc(F)c2)c(Cl)c1. The Balaban J connectivity index is 1.80. The van der Waals surface area contributed by atoms with Crippen molar-refractivity contribution in [3.63, 3.8) is 0 Å². The number of aliphatic carboxylic acids is 1. The summed E-state index contributed by atoms with van der Waals surface area (Å²) in [5.74, 6) is -0.957. The minimum atomic E-state index is -1.07. The van der Waals surface area contributed by atoms with Gasteiger partial charge in [0, 0.05) is 10.6 Å². The van der Waals surface area contributed by atoms with Crippen LogP contribution in [0.25, 0.3) is 5.57 Å². The predicted molar refractivity (Wildman–Crippen MR) is 115 cm³/mol. The summed E-state index contributed by atoms with van der Waals surface area (Å²) in [7, 11) is 0. The zero-order valence-electron chi connectivity index (χ0n) is 15.6. The molecular formula is C23H17ClF2O3S. The van der Waals surface area contributed by atoms with Gasteiger partial charge in [0.05, 0.1) is 5.02 Å². The van der Waals surface area contributed by atoms with E-state index in [1.54, 1.807) is 42.5 Å². The smallest absolute Gasteiger partial charge is 0.341 e. The summed E-state index contributed by atoms with van der Waals surface area (Å²) < 4.78 is 32.6. The van der Waals surface area contributed by atoms with Crippen molar-refractivity contribution in [2.75, 3.05) is 12.4 Å². The summed E-state index contributed by atoms with van der Waals surface area (Å²) in [5, 5.41) is 9.10. The van der Waals surface area contributed by atoms with Crippen LogP contribution in [0.2, 0.25) is 5.02 Å². The summed E-state index contributed by atoms with van der Waals surface area (Å²) in [6.07, 6.45) is 1.89. The van der Waals surface area contributed by atoms with E-state index in [4.69, 9.17) is 21.4 Å². The molecule has 0 amide bonds. The third-order valence-corrected chi connectivity index (χ3v) is 5.49. The quantitative estimate of drug-likeness (QED) is 0.412. The molecule has 0 bridgehead atoms. The van der Waals surface area contributed by atoms with Gasteiger partial charge in [-0.2, -0.15) is 0 Å². The summed E-state index contributed by atoms with van der Waals surface area (Å²) in [5.41, 5.74) is 1.99. The second-order valence-electron chi connectivity index (χ2n) is 6.22. The molecule has 0 aliphatic carbocycles. The maximum absolute atomic E-state index is 13.7.